The second-order valence-corrected chi connectivity index (χ2v) is 4.16. The standard InChI is InChI=1S/C16H9N3/c1-18-15(10-17)16-11-6-2-4-8-13(11)19-14-9-5-3-7-12(14)16/h2-9,19H. The molecule has 0 aliphatic carbocycles. The first-order valence-electron chi connectivity index (χ1n) is 5.83. The van der Waals surface area contributed by atoms with Gasteiger partial charge in [-0.1, -0.05) is 36.4 Å². The zero-order valence-electron chi connectivity index (χ0n) is 10.0. The fourth-order valence-corrected chi connectivity index (χ4v) is 2.30. The van der Waals surface area contributed by atoms with Crippen LogP contribution in [0.25, 0.3) is 10.4 Å². The number of para-hydroxylation sites is 2. The van der Waals surface area contributed by atoms with Gasteiger partial charge in [-0.15, -0.1) is 0 Å². The Morgan fingerprint density at radius 1 is 1.00 bits per heavy atom. The summed E-state index contributed by atoms with van der Waals surface area (Å²) in [7, 11) is 0. The number of nitrogens with one attached hydrogen (secondary N) is 1. The van der Waals surface area contributed by atoms with Gasteiger partial charge in [0.2, 0.25) is 0 Å². The number of hydrogen-bond donors (Lipinski definition) is 1. The Hall–Kier alpha value is -3.04. The predicted octanol–water partition coefficient (Wildman–Crippen LogP) is 3.95. The van der Waals surface area contributed by atoms with Gasteiger partial charge in [0.25, 0.3) is 5.70 Å². The van der Waals surface area contributed by atoms with Gasteiger partial charge in [-0.25, -0.2) is 10.1 Å². The first-order valence-corrected chi connectivity index (χ1v) is 5.83. The third-order valence-electron chi connectivity index (χ3n) is 3.12. The van der Waals surface area contributed by atoms with Crippen LogP contribution in [0.5, 0.6) is 0 Å². The minimum atomic E-state index is 0.126. The van der Waals surface area contributed by atoms with Crippen molar-refractivity contribution in [2.45, 2.75) is 0 Å². The maximum Gasteiger partial charge on any atom is 0.270 e. The highest BCUT2D eigenvalue weighted by Gasteiger charge is 2.22. The van der Waals surface area contributed by atoms with Crippen molar-refractivity contribution in [3.05, 3.63) is 76.8 Å². The SMILES string of the molecule is [C-]#[N+]C(C#N)=C1c2ccccc2Nc2ccccc21. The van der Waals surface area contributed by atoms with E-state index < -0.39 is 0 Å². The zero-order chi connectivity index (χ0) is 13.2. The van der Waals surface area contributed by atoms with Crippen molar-refractivity contribution in [1.29, 1.82) is 5.26 Å². The summed E-state index contributed by atoms with van der Waals surface area (Å²) in [5.41, 5.74) is 4.48. The summed E-state index contributed by atoms with van der Waals surface area (Å²) >= 11 is 0. The Bertz CT molecular complexity index is 710. The lowest BCUT2D eigenvalue weighted by atomic mass is 9.90. The Labute approximate surface area is 111 Å². The van der Waals surface area contributed by atoms with Crippen molar-refractivity contribution in [1.82, 2.24) is 0 Å². The minimum Gasteiger partial charge on any atom is -0.355 e. The fraction of sp³-hybridized carbons (Fsp3) is 0. The molecular weight excluding hydrogens is 234 g/mol. The number of rotatable bonds is 0. The van der Waals surface area contributed by atoms with Crippen LogP contribution in [-0.4, -0.2) is 0 Å². The molecule has 1 N–H and O–H groups in total. The van der Waals surface area contributed by atoms with Crippen molar-refractivity contribution < 1.29 is 0 Å². The Balaban J connectivity index is 2.40. The average Bonchev–Trinajstić information content (AvgIpc) is 2.47. The maximum absolute atomic E-state index is 9.19. The fourth-order valence-electron chi connectivity index (χ4n) is 2.30. The second kappa shape index (κ2) is 4.33. The van der Waals surface area contributed by atoms with Crippen LogP contribution in [0.15, 0.2) is 54.2 Å². The molecule has 0 aromatic heterocycles. The van der Waals surface area contributed by atoms with E-state index in [-0.39, 0.29) is 5.70 Å². The minimum absolute atomic E-state index is 0.126. The highest BCUT2D eigenvalue weighted by Crippen LogP contribution is 2.41. The van der Waals surface area contributed by atoms with Crippen LogP contribution in [0.3, 0.4) is 0 Å². The molecule has 0 saturated heterocycles. The van der Waals surface area contributed by atoms with Gasteiger partial charge in [-0.3, -0.25) is 0 Å². The zero-order valence-corrected chi connectivity index (χ0v) is 10.0. The van der Waals surface area contributed by atoms with E-state index in [1.54, 1.807) is 0 Å². The van der Waals surface area contributed by atoms with Gasteiger partial charge in [-0.05, 0) is 23.3 Å². The van der Waals surface area contributed by atoms with E-state index >= 15 is 0 Å². The number of benzene rings is 2. The lowest BCUT2D eigenvalue weighted by molar-refractivity contribution is 1.41. The summed E-state index contributed by atoms with van der Waals surface area (Å²) < 4.78 is 0. The molecule has 3 nitrogen and oxygen atoms in total. The van der Waals surface area contributed by atoms with Crippen LogP contribution in [0.2, 0.25) is 0 Å². The van der Waals surface area contributed by atoms with Gasteiger partial charge in [0.15, 0.2) is 0 Å². The van der Waals surface area contributed by atoms with E-state index in [4.69, 9.17) is 6.57 Å². The maximum atomic E-state index is 9.19. The van der Waals surface area contributed by atoms with Gasteiger partial charge in [0.1, 0.15) is 0 Å². The molecule has 0 spiro atoms. The van der Waals surface area contributed by atoms with Crippen LogP contribution in [0.4, 0.5) is 11.4 Å². The molecule has 0 radical (unpaired) electrons. The first-order chi connectivity index (χ1) is 9.35. The summed E-state index contributed by atoms with van der Waals surface area (Å²) in [6, 6.07) is 17.4. The molecule has 3 heteroatoms. The van der Waals surface area contributed by atoms with E-state index in [9.17, 15) is 5.26 Å². The molecule has 88 valence electrons. The summed E-state index contributed by atoms with van der Waals surface area (Å²) in [4.78, 5) is 3.37. The molecule has 19 heavy (non-hydrogen) atoms. The highest BCUT2D eigenvalue weighted by molar-refractivity contribution is 5.99. The van der Waals surface area contributed by atoms with E-state index in [0.717, 1.165) is 22.5 Å². The van der Waals surface area contributed by atoms with Crippen molar-refractivity contribution in [2.75, 3.05) is 5.32 Å². The monoisotopic (exact) mass is 243 g/mol. The molecule has 0 fully saturated rings. The molecule has 0 saturated carbocycles. The average molecular weight is 243 g/mol. The van der Waals surface area contributed by atoms with E-state index in [0.29, 0.717) is 5.57 Å². The van der Waals surface area contributed by atoms with Crippen LogP contribution in [-0.2, 0) is 0 Å². The number of fused-ring (bicyclic) bond motifs is 2. The molecule has 3 rings (SSSR count). The molecule has 0 unspecified atom stereocenters. The molecule has 1 heterocycles. The molecule has 1 aliphatic rings. The Kier molecular flexibility index (Phi) is 2.52. The normalized spacial score (nSPS) is 11.4. The summed E-state index contributed by atoms with van der Waals surface area (Å²) in [5, 5.41) is 12.5. The van der Waals surface area contributed by atoms with E-state index in [2.05, 4.69) is 10.2 Å². The number of nitriles is 1. The number of hydrogen-bond acceptors (Lipinski definition) is 2. The largest absolute Gasteiger partial charge is 0.355 e. The van der Waals surface area contributed by atoms with Crippen molar-refractivity contribution >= 4 is 16.9 Å². The highest BCUT2D eigenvalue weighted by atomic mass is 14.9. The number of nitrogens with zero attached hydrogens (tertiary/aromatic N) is 2. The van der Waals surface area contributed by atoms with Gasteiger partial charge >= 0.3 is 0 Å². The molecule has 0 atom stereocenters. The Morgan fingerprint density at radius 3 is 2.00 bits per heavy atom. The third-order valence-corrected chi connectivity index (χ3v) is 3.12. The van der Waals surface area contributed by atoms with E-state index in [1.165, 1.54) is 0 Å². The van der Waals surface area contributed by atoms with E-state index in [1.807, 2.05) is 54.6 Å². The molecule has 0 amide bonds. The first kappa shape index (κ1) is 11.1. The van der Waals surface area contributed by atoms with Crippen LogP contribution < -0.4 is 5.32 Å². The molecule has 1 aliphatic heterocycles. The third kappa shape index (κ3) is 1.66. The lowest BCUT2D eigenvalue weighted by Gasteiger charge is -2.24. The molecular formula is C16H9N3. The van der Waals surface area contributed by atoms with Gasteiger partial charge in [0, 0.05) is 16.9 Å². The summed E-state index contributed by atoms with van der Waals surface area (Å²) in [6.45, 7) is 7.20. The van der Waals surface area contributed by atoms with Gasteiger partial charge in [0.05, 0.1) is 12.6 Å². The quantitative estimate of drug-likeness (QED) is 0.479. The molecule has 0 bridgehead atoms. The van der Waals surface area contributed by atoms with Gasteiger partial charge in [-0.2, -0.15) is 0 Å². The second-order valence-electron chi connectivity index (χ2n) is 4.16. The molecule has 2 aromatic carbocycles. The van der Waals surface area contributed by atoms with Gasteiger partial charge < -0.3 is 5.32 Å². The van der Waals surface area contributed by atoms with Crippen molar-refractivity contribution in [3.8, 4) is 6.07 Å². The van der Waals surface area contributed by atoms with Crippen LogP contribution in [0.1, 0.15) is 11.1 Å². The molecule has 2 aromatic rings. The number of anilines is 2. The topological polar surface area (TPSA) is 40.2 Å². The van der Waals surface area contributed by atoms with Crippen LogP contribution in [0, 0.1) is 17.9 Å². The predicted molar refractivity (Wildman–Crippen MR) is 74.4 cm³/mol. The smallest absolute Gasteiger partial charge is 0.270 e. The summed E-state index contributed by atoms with van der Waals surface area (Å²) in [5.74, 6) is 0. The van der Waals surface area contributed by atoms with Crippen molar-refractivity contribution in [2.24, 2.45) is 0 Å². The summed E-state index contributed by atoms with van der Waals surface area (Å²) in [6.07, 6.45) is 0. The van der Waals surface area contributed by atoms with Crippen LogP contribution >= 0.6 is 0 Å². The number of allylic oxidation sites excluding steroid dienone is 1. The van der Waals surface area contributed by atoms with Crippen molar-refractivity contribution in [3.63, 3.8) is 0 Å². The lowest BCUT2D eigenvalue weighted by Crippen LogP contribution is -2.06. The Morgan fingerprint density at radius 2 is 1.53 bits per heavy atom.